The Bertz CT molecular complexity index is 1200. The molecule has 10 heteroatoms. The number of halogens is 2. The van der Waals surface area contributed by atoms with E-state index in [1.54, 1.807) is 17.0 Å². The molecule has 0 saturated carbocycles. The molecule has 0 unspecified atom stereocenters. The largest absolute Gasteiger partial charge is 0.342 e. The predicted octanol–water partition coefficient (Wildman–Crippen LogP) is 4.15. The van der Waals surface area contributed by atoms with Gasteiger partial charge in [-0.15, -0.1) is 0 Å². The van der Waals surface area contributed by atoms with Crippen LogP contribution in [0.3, 0.4) is 0 Å². The number of benzene rings is 1. The minimum Gasteiger partial charge on any atom is -0.342 e. The molecular formula is C22H22F2N8. The van der Waals surface area contributed by atoms with Crippen LogP contribution in [0.15, 0.2) is 36.8 Å². The highest BCUT2D eigenvalue weighted by Crippen LogP contribution is 2.45. The van der Waals surface area contributed by atoms with Gasteiger partial charge < -0.3 is 4.90 Å². The summed E-state index contributed by atoms with van der Waals surface area (Å²) in [6, 6.07) is 3.24. The maximum absolute atomic E-state index is 13.8. The SMILES string of the molecule is CC[C@]12CCCCN1c1nc(-n3ccnc3-c3cc(F)cc(F)c3)ncc1N(C=N)C2=N. The zero-order valence-corrected chi connectivity index (χ0v) is 17.5. The van der Waals surface area contributed by atoms with Gasteiger partial charge in [-0.05, 0) is 37.8 Å². The van der Waals surface area contributed by atoms with Crippen molar-refractivity contribution in [1.29, 1.82) is 10.8 Å². The molecular weight excluding hydrogens is 414 g/mol. The Balaban J connectivity index is 1.66. The first-order valence-corrected chi connectivity index (χ1v) is 10.5. The summed E-state index contributed by atoms with van der Waals surface area (Å²) in [6.45, 7) is 2.80. The van der Waals surface area contributed by atoms with Crippen molar-refractivity contribution >= 4 is 23.7 Å². The lowest BCUT2D eigenvalue weighted by molar-refractivity contribution is 0.374. The summed E-state index contributed by atoms with van der Waals surface area (Å²) in [5, 5.41) is 16.7. The fourth-order valence-electron chi connectivity index (χ4n) is 4.81. The number of fused-ring (bicyclic) bond motifs is 3. The molecule has 32 heavy (non-hydrogen) atoms. The second-order valence-electron chi connectivity index (χ2n) is 8.00. The van der Waals surface area contributed by atoms with Crippen LogP contribution in [0.25, 0.3) is 17.3 Å². The molecule has 1 fully saturated rings. The summed E-state index contributed by atoms with van der Waals surface area (Å²) >= 11 is 0. The minimum atomic E-state index is -0.693. The molecule has 2 N–H and O–H groups in total. The minimum absolute atomic E-state index is 0.276. The molecule has 2 aliphatic rings. The number of anilines is 2. The van der Waals surface area contributed by atoms with Gasteiger partial charge in [0.15, 0.2) is 5.82 Å². The van der Waals surface area contributed by atoms with E-state index in [-0.39, 0.29) is 5.56 Å². The number of rotatable bonds is 4. The van der Waals surface area contributed by atoms with Crippen LogP contribution in [0.5, 0.6) is 0 Å². The van der Waals surface area contributed by atoms with Gasteiger partial charge in [0.2, 0.25) is 5.95 Å². The summed E-state index contributed by atoms with van der Waals surface area (Å²) in [5.41, 5.74) is 0.313. The van der Waals surface area contributed by atoms with E-state index < -0.39 is 17.2 Å². The van der Waals surface area contributed by atoms with Crippen LogP contribution in [0.2, 0.25) is 0 Å². The van der Waals surface area contributed by atoms with Crippen molar-refractivity contribution in [3.63, 3.8) is 0 Å². The molecule has 0 bridgehead atoms. The third-order valence-corrected chi connectivity index (χ3v) is 6.36. The molecule has 4 heterocycles. The van der Waals surface area contributed by atoms with Gasteiger partial charge in [-0.25, -0.2) is 18.7 Å². The van der Waals surface area contributed by atoms with E-state index in [0.717, 1.165) is 38.2 Å². The van der Waals surface area contributed by atoms with Gasteiger partial charge in [-0.2, -0.15) is 4.98 Å². The summed E-state index contributed by atoms with van der Waals surface area (Å²) in [4.78, 5) is 17.2. The quantitative estimate of drug-likeness (QED) is 0.473. The Morgan fingerprint density at radius 1 is 1.16 bits per heavy atom. The fraction of sp³-hybridized carbons (Fsp3) is 0.318. The van der Waals surface area contributed by atoms with Crippen molar-refractivity contribution in [2.24, 2.45) is 0 Å². The second kappa shape index (κ2) is 7.47. The molecule has 5 rings (SSSR count). The molecule has 0 radical (unpaired) electrons. The summed E-state index contributed by atoms with van der Waals surface area (Å²) in [5.74, 6) is 0.230. The number of imidazole rings is 1. The van der Waals surface area contributed by atoms with Crippen LogP contribution in [0, 0.1) is 22.5 Å². The van der Waals surface area contributed by atoms with E-state index in [9.17, 15) is 8.78 Å². The van der Waals surface area contributed by atoms with E-state index in [1.165, 1.54) is 23.2 Å². The van der Waals surface area contributed by atoms with Crippen LogP contribution in [-0.4, -0.2) is 43.8 Å². The number of aromatic nitrogens is 4. The van der Waals surface area contributed by atoms with Gasteiger partial charge in [0.1, 0.15) is 29.0 Å². The van der Waals surface area contributed by atoms with E-state index in [0.29, 0.717) is 35.5 Å². The normalized spacial score (nSPS) is 20.2. The van der Waals surface area contributed by atoms with Crippen LogP contribution in [-0.2, 0) is 0 Å². The molecule has 1 saturated heterocycles. The standard InChI is InChI=1S/C22H22F2N8/c1-2-22-5-3-4-7-32(22)19-17(31(13-25)20(22)26)12-28-21(29-19)30-8-6-27-18(30)14-9-15(23)11-16(24)10-14/h6,8-13,25-26H,2-5,7H2,1H3/t22-/m1/s1. The molecule has 2 aliphatic heterocycles. The Labute approximate surface area is 183 Å². The van der Waals surface area contributed by atoms with Gasteiger partial charge in [-0.3, -0.25) is 20.3 Å². The van der Waals surface area contributed by atoms with Gasteiger partial charge >= 0.3 is 0 Å². The maximum Gasteiger partial charge on any atom is 0.237 e. The van der Waals surface area contributed by atoms with Gasteiger partial charge in [0.25, 0.3) is 0 Å². The van der Waals surface area contributed by atoms with Crippen LogP contribution in [0.4, 0.5) is 20.3 Å². The van der Waals surface area contributed by atoms with E-state index in [2.05, 4.69) is 21.8 Å². The van der Waals surface area contributed by atoms with Crippen molar-refractivity contribution in [2.75, 3.05) is 16.3 Å². The first-order valence-electron chi connectivity index (χ1n) is 10.5. The van der Waals surface area contributed by atoms with Crippen molar-refractivity contribution in [3.05, 3.63) is 48.4 Å². The molecule has 2 aromatic heterocycles. The highest BCUT2D eigenvalue weighted by molar-refractivity contribution is 6.18. The third kappa shape index (κ3) is 2.89. The van der Waals surface area contributed by atoms with Crippen LogP contribution >= 0.6 is 0 Å². The second-order valence-corrected chi connectivity index (χ2v) is 8.00. The number of amidine groups is 1. The van der Waals surface area contributed by atoms with Gasteiger partial charge in [0.05, 0.1) is 18.1 Å². The number of piperidine rings is 1. The molecule has 3 aromatic rings. The molecule has 164 valence electrons. The number of nitrogens with zero attached hydrogens (tertiary/aromatic N) is 6. The van der Waals surface area contributed by atoms with Crippen molar-refractivity contribution in [2.45, 2.75) is 38.1 Å². The summed E-state index contributed by atoms with van der Waals surface area (Å²) in [7, 11) is 0. The van der Waals surface area contributed by atoms with Crippen LogP contribution in [0.1, 0.15) is 32.6 Å². The fourth-order valence-corrected chi connectivity index (χ4v) is 4.81. The molecule has 0 amide bonds. The monoisotopic (exact) mass is 436 g/mol. The highest BCUT2D eigenvalue weighted by Gasteiger charge is 2.49. The zero-order valence-electron chi connectivity index (χ0n) is 17.5. The van der Waals surface area contributed by atoms with Gasteiger partial charge in [0, 0.05) is 30.6 Å². The van der Waals surface area contributed by atoms with E-state index >= 15 is 0 Å². The van der Waals surface area contributed by atoms with Crippen molar-refractivity contribution in [1.82, 2.24) is 19.5 Å². The topological polar surface area (TPSA) is 97.8 Å². The average Bonchev–Trinajstić information content (AvgIpc) is 3.29. The zero-order chi connectivity index (χ0) is 22.5. The van der Waals surface area contributed by atoms with E-state index in [4.69, 9.17) is 15.8 Å². The molecule has 1 atom stereocenters. The molecule has 0 aliphatic carbocycles. The lowest BCUT2D eigenvalue weighted by Gasteiger charge is -2.53. The summed E-state index contributed by atoms with van der Waals surface area (Å²) < 4.78 is 29.2. The average molecular weight is 436 g/mol. The smallest absolute Gasteiger partial charge is 0.237 e. The number of hydrogen-bond acceptors (Lipinski definition) is 6. The van der Waals surface area contributed by atoms with Crippen LogP contribution < -0.4 is 9.80 Å². The molecule has 8 nitrogen and oxygen atoms in total. The maximum atomic E-state index is 13.8. The number of nitrogens with one attached hydrogen (secondary N) is 2. The first kappa shape index (κ1) is 20.2. The predicted molar refractivity (Wildman–Crippen MR) is 118 cm³/mol. The van der Waals surface area contributed by atoms with Crippen molar-refractivity contribution in [3.8, 4) is 17.3 Å². The highest BCUT2D eigenvalue weighted by atomic mass is 19.1. The molecule has 1 aromatic carbocycles. The van der Waals surface area contributed by atoms with Crippen molar-refractivity contribution < 1.29 is 8.78 Å². The van der Waals surface area contributed by atoms with E-state index in [1.807, 2.05) is 0 Å². The van der Waals surface area contributed by atoms with Gasteiger partial charge in [-0.1, -0.05) is 6.92 Å². The lowest BCUT2D eigenvalue weighted by atomic mass is 9.80. The number of hydrogen-bond donors (Lipinski definition) is 2. The molecule has 0 spiro atoms. The Morgan fingerprint density at radius 2 is 1.94 bits per heavy atom. The Hall–Kier alpha value is -3.69. The first-order chi connectivity index (χ1) is 15.5. The summed E-state index contributed by atoms with van der Waals surface area (Å²) in [6.07, 6.45) is 9.39. The Morgan fingerprint density at radius 3 is 2.66 bits per heavy atom. The third-order valence-electron chi connectivity index (χ3n) is 6.36. The lowest BCUT2D eigenvalue weighted by Crippen LogP contribution is -2.64. The Kier molecular flexibility index (Phi) is 4.72.